The number of Topliss-reactive ketones (excluding diaryl/α,β-unsaturated/α-hetero) is 1. The zero-order valence-corrected chi connectivity index (χ0v) is 9.94. The molecule has 0 N–H and O–H groups in total. The molecule has 0 fully saturated rings. The van der Waals surface area contributed by atoms with Crippen LogP contribution in [0.5, 0.6) is 0 Å². The first-order valence-electron chi connectivity index (χ1n) is 4.67. The average molecular weight is 295 g/mol. The molecule has 0 aliphatic heterocycles. The van der Waals surface area contributed by atoms with E-state index in [1.165, 1.54) is 12.1 Å². The minimum absolute atomic E-state index is 0.0108. The van der Waals surface area contributed by atoms with Gasteiger partial charge in [0, 0.05) is 18.2 Å². The molecule has 5 heteroatoms. The van der Waals surface area contributed by atoms with Gasteiger partial charge >= 0.3 is 6.18 Å². The van der Waals surface area contributed by atoms with E-state index in [1.54, 1.807) is 0 Å². The van der Waals surface area contributed by atoms with Crippen LogP contribution in [-0.2, 0) is 17.4 Å². The summed E-state index contributed by atoms with van der Waals surface area (Å²) in [5.41, 5.74) is -0.0804. The summed E-state index contributed by atoms with van der Waals surface area (Å²) in [5, 5.41) is 0.576. The fraction of sp³-hybridized carbons (Fsp3) is 0.364. The molecule has 0 aliphatic carbocycles. The van der Waals surface area contributed by atoms with Crippen molar-refractivity contribution in [1.82, 2.24) is 0 Å². The number of benzene rings is 1. The molecule has 0 atom stereocenters. The second-order valence-electron chi connectivity index (χ2n) is 3.35. The number of hydrogen-bond donors (Lipinski definition) is 0. The molecule has 1 aromatic rings. The second-order valence-corrected chi connectivity index (χ2v) is 4.14. The maximum Gasteiger partial charge on any atom is 0.416 e. The molecule has 1 nitrogen and oxygen atoms in total. The van der Waals surface area contributed by atoms with Gasteiger partial charge in [-0.05, 0) is 17.7 Å². The highest BCUT2D eigenvalue weighted by Crippen LogP contribution is 2.29. The Hall–Kier alpha value is -0.840. The standard InChI is InChI=1S/C11H10BrF3O/c12-6-5-10(16)7-8-1-3-9(4-2-8)11(13,14)15/h1-4H,5-7H2. The molecule has 0 spiro atoms. The summed E-state index contributed by atoms with van der Waals surface area (Å²) in [6.07, 6.45) is -3.75. The molecule has 0 saturated carbocycles. The highest BCUT2D eigenvalue weighted by atomic mass is 79.9. The summed E-state index contributed by atoms with van der Waals surface area (Å²) in [4.78, 5) is 11.2. The number of rotatable bonds is 4. The SMILES string of the molecule is O=C(CCBr)Cc1ccc(C(F)(F)F)cc1. The van der Waals surface area contributed by atoms with Crippen molar-refractivity contribution in [1.29, 1.82) is 0 Å². The van der Waals surface area contributed by atoms with E-state index in [1.807, 2.05) is 0 Å². The minimum Gasteiger partial charge on any atom is -0.299 e. The van der Waals surface area contributed by atoms with Crippen LogP contribution in [0.4, 0.5) is 13.2 Å². The number of carbonyl (C=O) groups excluding carboxylic acids is 1. The average Bonchev–Trinajstić information content (AvgIpc) is 2.17. The van der Waals surface area contributed by atoms with Crippen LogP contribution in [-0.4, -0.2) is 11.1 Å². The van der Waals surface area contributed by atoms with Gasteiger partial charge in [-0.15, -0.1) is 0 Å². The molecule has 1 aromatic carbocycles. The van der Waals surface area contributed by atoms with Crippen LogP contribution in [0.3, 0.4) is 0 Å². The third kappa shape index (κ3) is 3.96. The lowest BCUT2D eigenvalue weighted by molar-refractivity contribution is -0.137. The molecule has 0 saturated heterocycles. The lowest BCUT2D eigenvalue weighted by atomic mass is 10.1. The fourth-order valence-electron chi connectivity index (χ4n) is 1.23. The quantitative estimate of drug-likeness (QED) is 0.776. The van der Waals surface area contributed by atoms with Crippen molar-refractivity contribution in [3.05, 3.63) is 35.4 Å². The largest absolute Gasteiger partial charge is 0.416 e. The van der Waals surface area contributed by atoms with E-state index >= 15 is 0 Å². The Morgan fingerprint density at radius 3 is 2.19 bits per heavy atom. The van der Waals surface area contributed by atoms with Gasteiger partial charge in [0.25, 0.3) is 0 Å². The molecule has 0 amide bonds. The Kier molecular flexibility index (Phi) is 4.53. The van der Waals surface area contributed by atoms with Crippen molar-refractivity contribution in [2.75, 3.05) is 5.33 Å². The lowest BCUT2D eigenvalue weighted by Crippen LogP contribution is -2.06. The van der Waals surface area contributed by atoms with E-state index in [-0.39, 0.29) is 12.2 Å². The highest BCUT2D eigenvalue weighted by molar-refractivity contribution is 9.09. The van der Waals surface area contributed by atoms with Crippen LogP contribution in [0.1, 0.15) is 17.5 Å². The molecule has 0 unspecified atom stereocenters. The Bertz CT molecular complexity index is 356. The first-order chi connectivity index (χ1) is 7.43. The van der Waals surface area contributed by atoms with Gasteiger partial charge < -0.3 is 0 Å². The number of hydrogen-bond acceptors (Lipinski definition) is 1. The van der Waals surface area contributed by atoms with Crippen molar-refractivity contribution in [3.63, 3.8) is 0 Å². The highest BCUT2D eigenvalue weighted by Gasteiger charge is 2.29. The normalized spacial score (nSPS) is 11.5. The summed E-state index contributed by atoms with van der Waals surface area (Å²) in [6, 6.07) is 4.68. The van der Waals surface area contributed by atoms with Gasteiger partial charge in [-0.2, -0.15) is 13.2 Å². The van der Waals surface area contributed by atoms with Crippen molar-refractivity contribution in [2.24, 2.45) is 0 Å². The second kappa shape index (κ2) is 5.48. The molecule has 16 heavy (non-hydrogen) atoms. The van der Waals surface area contributed by atoms with E-state index in [2.05, 4.69) is 15.9 Å². The summed E-state index contributed by atoms with van der Waals surface area (Å²) < 4.78 is 36.7. The van der Waals surface area contributed by atoms with Gasteiger partial charge in [0.1, 0.15) is 5.78 Å². The molecule has 0 heterocycles. The topological polar surface area (TPSA) is 17.1 Å². The van der Waals surface area contributed by atoms with Gasteiger partial charge in [-0.1, -0.05) is 28.1 Å². The molecule has 0 aromatic heterocycles. The van der Waals surface area contributed by atoms with Crippen molar-refractivity contribution >= 4 is 21.7 Å². The van der Waals surface area contributed by atoms with Gasteiger partial charge in [0.2, 0.25) is 0 Å². The Morgan fingerprint density at radius 1 is 1.19 bits per heavy atom. The zero-order valence-electron chi connectivity index (χ0n) is 8.35. The first kappa shape index (κ1) is 13.2. The molecule has 0 aliphatic rings. The predicted molar refractivity (Wildman–Crippen MR) is 58.6 cm³/mol. The molecule has 0 bridgehead atoms. The van der Waals surface area contributed by atoms with Crippen molar-refractivity contribution in [3.8, 4) is 0 Å². The van der Waals surface area contributed by atoms with E-state index in [9.17, 15) is 18.0 Å². The predicted octanol–water partition coefficient (Wildman–Crippen LogP) is 3.60. The lowest BCUT2D eigenvalue weighted by Gasteiger charge is -2.07. The Morgan fingerprint density at radius 2 is 1.75 bits per heavy atom. The van der Waals surface area contributed by atoms with Crippen LogP contribution in [0.15, 0.2) is 24.3 Å². The summed E-state index contributed by atoms with van der Waals surface area (Å²) in [5.74, 6) is 0.0108. The number of ketones is 1. The summed E-state index contributed by atoms with van der Waals surface area (Å²) in [7, 11) is 0. The molecule has 0 radical (unpaired) electrons. The van der Waals surface area contributed by atoms with Gasteiger partial charge in [0.05, 0.1) is 5.56 Å². The van der Waals surface area contributed by atoms with E-state index in [0.29, 0.717) is 17.3 Å². The molecule has 1 rings (SSSR count). The van der Waals surface area contributed by atoms with E-state index in [4.69, 9.17) is 0 Å². The van der Waals surface area contributed by atoms with E-state index in [0.717, 1.165) is 12.1 Å². The number of carbonyl (C=O) groups is 1. The zero-order chi connectivity index (χ0) is 12.2. The van der Waals surface area contributed by atoms with Gasteiger partial charge in [0.15, 0.2) is 0 Å². The molecular weight excluding hydrogens is 285 g/mol. The maximum absolute atomic E-state index is 12.2. The van der Waals surface area contributed by atoms with Crippen LogP contribution in [0.25, 0.3) is 0 Å². The maximum atomic E-state index is 12.2. The van der Waals surface area contributed by atoms with Crippen LogP contribution in [0, 0.1) is 0 Å². The van der Waals surface area contributed by atoms with E-state index < -0.39 is 11.7 Å². The van der Waals surface area contributed by atoms with Gasteiger partial charge in [-0.25, -0.2) is 0 Å². The number of halogens is 4. The fourth-order valence-corrected chi connectivity index (χ4v) is 1.68. The monoisotopic (exact) mass is 294 g/mol. The minimum atomic E-state index is -4.32. The Balaban J connectivity index is 2.69. The molecule has 88 valence electrons. The van der Waals surface area contributed by atoms with Crippen LogP contribution >= 0.6 is 15.9 Å². The van der Waals surface area contributed by atoms with Crippen LogP contribution < -0.4 is 0 Å². The first-order valence-corrected chi connectivity index (χ1v) is 5.79. The van der Waals surface area contributed by atoms with Crippen molar-refractivity contribution < 1.29 is 18.0 Å². The van der Waals surface area contributed by atoms with Crippen LogP contribution in [0.2, 0.25) is 0 Å². The third-order valence-electron chi connectivity index (χ3n) is 2.06. The summed E-state index contributed by atoms with van der Waals surface area (Å²) >= 11 is 3.13. The Labute approximate surface area is 99.8 Å². The third-order valence-corrected chi connectivity index (χ3v) is 2.45. The van der Waals surface area contributed by atoms with Gasteiger partial charge in [-0.3, -0.25) is 4.79 Å². The van der Waals surface area contributed by atoms with Crippen molar-refractivity contribution in [2.45, 2.75) is 19.0 Å². The number of alkyl halides is 4. The molecular formula is C11H10BrF3O. The summed E-state index contributed by atoms with van der Waals surface area (Å²) in [6.45, 7) is 0. The smallest absolute Gasteiger partial charge is 0.299 e.